The van der Waals surface area contributed by atoms with Crippen molar-refractivity contribution >= 4 is 33.7 Å². The van der Waals surface area contributed by atoms with Crippen LogP contribution in [0, 0.1) is 0 Å². The molecule has 0 saturated carbocycles. The summed E-state index contributed by atoms with van der Waals surface area (Å²) in [5.74, 6) is 0. The normalized spacial score (nSPS) is 15.4. The van der Waals surface area contributed by atoms with Gasteiger partial charge in [0.05, 0.1) is 5.38 Å². The van der Waals surface area contributed by atoms with Crippen molar-refractivity contribution in [3.05, 3.63) is 69.4 Å². The Hall–Kier alpha value is -1.31. The Morgan fingerprint density at radius 2 is 1.85 bits per heavy atom. The SMILES string of the molecule is ClC(c1cc2c(s1)CCC2)c1cccc2ccccc12. The van der Waals surface area contributed by atoms with Crippen molar-refractivity contribution in [3.63, 3.8) is 0 Å². The molecule has 1 aliphatic rings. The van der Waals surface area contributed by atoms with E-state index in [1.807, 2.05) is 11.3 Å². The molecule has 0 bridgehead atoms. The third kappa shape index (κ3) is 1.97. The highest BCUT2D eigenvalue weighted by Gasteiger charge is 2.21. The van der Waals surface area contributed by atoms with Gasteiger partial charge in [-0.25, -0.2) is 0 Å². The Balaban J connectivity index is 1.81. The summed E-state index contributed by atoms with van der Waals surface area (Å²) in [5, 5.41) is 2.50. The molecule has 3 aromatic rings. The molecular weight excluding hydrogens is 284 g/mol. The third-order valence-electron chi connectivity index (χ3n) is 4.11. The highest BCUT2D eigenvalue weighted by molar-refractivity contribution is 7.12. The molecule has 1 aromatic heterocycles. The minimum Gasteiger partial charge on any atom is -0.143 e. The molecule has 0 spiro atoms. The van der Waals surface area contributed by atoms with E-state index in [9.17, 15) is 0 Å². The summed E-state index contributed by atoms with van der Waals surface area (Å²) < 4.78 is 0. The van der Waals surface area contributed by atoms with Gasteiger partial charge in [-0.05, 0) is 47.2 Å². The zero-order chi connectivity index (χ0) is 13.5. The number of fused-ring (bicyclic) bond motifs is 2. The summed E-state index contributed by atoms with van der Waals surface area (Å²) in [6.07, 6.45) is 3.77. The summed E-state index contributed by atoms with van der Waals surface area (Å²) in [5.41, 5.74) is 2.75. The third-order valence-corrected chi connectivity index (χ3v) is 6.01. The molecule has 2 heteroatoms. The van der Waals surface area contributed by atoms with Gasteiger partial charge in [-0.15, -0.1) is 22.9 Å². The molecule has 1 unspecified atom stereocenters. The van der Waals surface area contributed by atoms with E-state index in [1.54, 1.807) is 4.88 Å². The first-order chi connectivity index (χ1) is 9.83. The predicted molar refractivity (Wildman–Crippen MR) is 88.0 cm³/mol. The van der Waals surface area contributed by atoms with Gasteiger partial charge in [0.1, 0.15) is 0 Å². The largest absolute Gasteiger partial charge is 0.143 e. The Kier molecular flexibility index (Phi) is 3.05. The lowest BCUT2D eigenvalue weighted by Gasteiger charge is -2.11. The summed E-state index contributed by atoms with van der Waals surface area (Å²) in [6.45, 7) is 0. The first kappa shape index (κ1) is 12.4. The van der Waals surface area contributed by atoms with Gasteiger partial charge >= 0.3 is 0 Å². The molecule has 4 rings (SSSR count). The molecule has 0 aliphatic heterocycles. The molecule has 0 fully saturated rings. The fourth-order valence-corrected chi connectivity index (χ4v) is 4.74. The highest BCUT2D eigenvalue weighted by Crippen LogP contribution is 2.40. The van der Waals surface area contributed by atoms with Gasteiger partial charge < -0.3 is 0 Å². The van der Waals surface area contributed by atoms with Gasteiger partial charge in [0, 0.05) is 9.75 Å². The maximum Gasteiger partial charge on any atom is 0.0933 e. The summed E-state index contributed by atoms with van der Waals surface area (Å²) >= 11 is 8.69. The Labute approximate surface area is 128 Å². The van der Waals surface area contributed by atoms with Crippen LogP contribution in [-0.4, -0.2) is 0 Å². The van der Waals surface area contributed by atoms with Crippen LogP contribution in [0.25, 0.3) is 10.8 Å². The fourth-order valence-electron chi connectivity index (χ4n) is 3.10. The first-order valence-corrected chi connectivity index (χ1v) is 8.31. The van der Waals surface area contributed by atoms with Crippen LogP contribution >= 0.6 is 22.9 Å². The second kappa shape index (κ2) is 4.91. The minimum atomic E-state index is -0.0308. The number of aryl methyl sites for hydroxylation is 2. The lowest BCUT2D eigenvalue weighted by atomic mass is 10.0. The van der Waals surface area contributed by atoms with Gasteiger partial charge in [0.25, 0.3) is 0 Å². The Morgan fingerprint density at radius 3 is 2.75 bits per heavy atom. The second-order valence-corrected chi connectivity index (χ2v) is 6.99. The molecule has 0 N–H and O–H groups in total. The molecule has 0 amide bonds. The number of hydrogen-bond acceptors (Lipinski definition) is 1. The van der Waals surface area contributed by atoms with E-state index in [-0.39, 0.29) is 5.38 Å². The number of alkyl halides is 1. The molecule has 100 valence electrons. The van der Waals surface area contributed by atoms with E-state index in [0.717, 1.165) is 0 Å². The van der Waals surface area contributed by atoms with Crippen LogP contribution < -0.4 is 0 Å². The first-order valence-electron chi connectivity index (χ1n) is 7.06. The summed E-state index contributed by atoms with van der Waals surface area (Å²) in [4.78, 5) is 2.85. The average Bonchev–Trinajstić information content (AvgIpc) is 3.07. The van der Waals surface area contributed by atoms with Crippen LogP contribution in [0.2, 0.25) is 0 Å². The molecule has 0 saturated heterocycles. The van der Waals surface area contributed by atoms with Gasteiger partial charge in [-0.1, -0.05) is 42.5 Å². The maximum atomic E-state index is 6.79. The van der Waals surface area contributed by atoms with Crippen molar-refractivity contribution in [1.82, 2.24) is 0 Å². The van der Waals surface area contributed by atoms with Crippen LogP contribution in [0.15, 0.2) is 48.5 Å². The topological polar surface area (TPSA) is 0 Å². The number of benzene rings is 2. The molecule has 0 nitrogen and oxygen atoms in total. The molecule has 1 aliphatic carbocycles. The zero-order valence-corrected chi connectivity index (χ0v) is 12.7. The standard InChI is InChI=1S/C18H15ClS/c19-18(17-11-13-7-4-10-16(13)20-17)15-9-3-6-12-5-1-2-8-14(12)15/h1-3,5-6,8-9,11,18H,4,7,10H2. The van der Waals surface area contributed by atoms with E-state index in [2.05, 4.69) is 48.5 Å². The average molecular weight is 299 g/mol. The van der Waals surface area contributed by atoms with Crippen LogP contribution in [0.4, 0.5) is 0 Å². The van der Waals surface area contributed by atoms with Crippen LogP contribution in [0.1, 0.15) is 32.7 Å². The minimum absolute atomic E-state index is 0.0308. The van der Waals surface area contributed by atoms with E-state index in [1.165, 1.54) is 46.0 Å². The molecule has 1 heterocycles. The van der Waals surface area contributed by atoms with Crippen LogP contribution in [0.3, 0.4) is 0 Å². The monoisotopic (exact) mass is 298 g/mol. The van der Waals surface area contributed by atoms with Crippen LogP contribution in [-0.2, 0) is 12.8 Å². The number of hydrogen-bond donors (Lipinski definition) is 0. The quantitative estimate of drug-likeness (QED) is 0.531. The lowest BCUT2D eigenvalue weighted by Crippen LogP contribution is -1.92. The van der Waals surface area contributed by atoms with Crippen molar-refractivity contribution in [2.75, 3.05) is 0 Å². The summed E-state index contributed by atoms with van der Waals surface area (Å²) in [7, 11) is 0. The van der Waals surface area contributed by atoms with E-state index in [4.69, 9.17) is 11.6 Å². The van der Waals surface area contributed by atoms with Crippen molar-refractivity contribution < 1.29 is 0 Å². The van der Waals surface area contributed by atoms with Crippen molar-refractivity contribution in [2.45, 2.75) is 24.6 Å². The van der Waals surface area contributed by atoms with Crippen molar-refractivity contribution in [1.29, 1.82) is 0 Å². The molecule has 1 atom stereocenters. The lowest BCUT2D eigenvalue weighted by molar-refractivity contribution is 0.913. The molecular formula is C18H15ClS. The van der Waals surface area contributed by atoms with Crippen molar-refractivity contribution in [2.24, 2.45) is 0 Å². The number of halogens is 1. The van der Waals surface area contributed by atoms with Gasteiger partial charge in [-0.2, -0.15) is 0 Å². The number of rotatable bonds is 2. The second-order valence-electron chi connectivity index (χ2n) is 5.38. The van der Waals surface area contributed by atoms with Gasteiger partial charge in [0.2, 0.25) is 0 Å². The number of thiophene rings is 1. The van der Waals surface area contributed by atoms with E-state index < -0.39 is 0 Å². The maximum absolute atomic E-state index is 6.79. The van der Waals surface area contributed by atoms with E-state index >= 15 is 0 Å². The van der Waals surface area contributed by atoms with Crippen LogP contribution in [0.5, 0.6) is 0 Å². The van der Waals surface area contributed by atoms with Crippen molar-refractivity contribution in [3.8, 4) is 0 Å². The Morgan fingerprint density at radius 1 is 1.00 bits per heavy atom. The zero-order valence-electron chi connectivity index (χ0n) is 11.1. The highest BCUT2D eigenvalue weighted by atomic mass is 35.5. The van der Waals surface area contributed by atoms with Gasteiger partial charge in [-0.3, -0.25) is 0 Å². The molecule has 0 radical (unpaired) electrons. The fraction of sp³-hybridized carbons (Fsp3) is 0.222. The van der Waals surface area contributed by atoms with Gasteiger partial charge in [0.15, 0.2) is 0 Å². The summed E-state index contributed by atoms with van der Waals surface area (Å²) in [6, 6.07) is 17.2. The predicted octanol–water partition coefficient (Wildman–Crippen LogP) is 5.72. The molecule has 2 aromatic carbocycles. The Bertz CT molecular complexity index is 745. The van der Waals surface area contributed by atoms with E-state index in [0.29, 0.717) is 0 Å². The smallest absolute Gasteiger partial charge is 0.0933 e. The molecule has 20 heavy (non-hydrogen) atoms.